The second-order valence-corrected chi connectivity index (χ2v) is 8.82. The molecule has 32 heavy (non-hydrogen) atoms. The minimum Gasteiger partial charge on any atom is -0.493 e. The van der Waals surface area contributed by atoms with Gasteiger partial charge in [0.1, 0.15) is 5.75 Å². The molecule has 6 N–H and O–H groups in total. The first-order valence-electron chi connectivity index (χ1n) is 11.8. The first-order chi connectivity index (χ1) is 15.6. The van der Waals surface area contributed by atoms with E-state index in [1.54, 1.807) is 0 Å². The average Bonchev–Trinajstić information content (AvgIpc) is 3.22. The summed E-state index contributed by atoms with van der Waals surface area (Å²) in [5.74, 6) is 0.950. The van der Waals surface area contributed by atoms with E-state index in [2.05, 4.69) is 48.5 Å². The molecule has 1 heterocycles. The molecule has 4 heteroatoms. The molecular formula is C28H35N3O. The van der Waals surface area contributed by atoms with E-state index in [0.717, 1.165) is 43.6 Å². The Bertz CT molecular complexity index is 963. The van der Waals surface area contributed by atoms with Crippen LogP contribution in [0.4, 0.5) is 0 Å². The highest BCUT2D eigenvalue weighted by Gasteiger charge is 2.17. The van der Waals surface area contributed by atoms with Gasteiger partial charge in [-0.3, -0.25) is 0 Å². The maximum Gasteiger partial charge on any atom is 0.124 e. The molecule has 168 valence electrons. The molecule has 3 atom stereocenters. The van der Waals surface area contributed by atoms with Crippen LogP contribution in [-0.4, -0.2) is 6.61 Å². The number of fused-ring (bicyclic) bond motifs is 3. The van der Waals surface area contributed by atoms with E-state index in [0.29, 0.717) is 12.1 Å². The summed E-state index contributed by atoms with van der Waals surface area (Å²) in [4.78, 5) is 0. The van der Waals surface area contributed by atoms with Crippen molar-refractivity contribution in [1.82, 2.24) is 0 Å². The number of para-hydroxylation sites is 1. The number of benzene rings is 3. The maximum atomic E-state index is 5.95. The maximum absolute atomic E-state index is 5.95. The van der Waals surface area contributed by atoms with Crippen LogP contribution in [0.25, 0.3) is 0 Å². The molecule has 2 aliphatic carbocycles. The van der Waals surface area contributed by atoms with Crippen LogP contribution in [0, 0.1) is 0 Å². The highest BCUT2D eigenvalue weighted by Crippen LogP contribution is 2.30. The Morgan fingerprint density at radius 1 is 0.562 bits per heavy atom. The van der Waals surface area contributed by atoms with Crippen molar-refractivity contribution in [1.29, 1.82) is 0 Å². The van der Waals surface area contributed by atoms with Gasteiger partial charge in [0.05, 0.1) is 6.61 Å². The summed E-state index contributed by atoms with van der Waals surface area (Å²) >= 11 is 0. The minimum absolute atomic E-state index is 0.167. The summed E-state index contributed by atoms with van der Waals surface area (Å²) in [7, 11) is 0. The molecule has 0 aromatic heterocycles. The lowest BCUT2D eigenvalue weighted by atomic mass is 9.88. The third-order valence-corrected chi connectivity index (χ3v) is 6.60. The van der Waals surface area contributed by atoms with Crippen molar-refractivity contribution in [3.8, 4) is 5.75 Å². The van der Waals surface area contributed by atoms with E-state index in [1.165, 1.54) is 35.1 Å². The fourth-order valence-electron chi connectivity index (χ4n) is 4.75. The van der Waals surface area contributed by atoms with Crippen LogP contribution >= 0.6 is 0 Å². The van der Waals surface area contributed by atoms with Crippen molar-refractivity contribution in [3.63, 3.8) is 0 Å². The zero-order valence-electron chi connectivity index (χ0n) is 18.8. The normalized spacial score (nSPS) is 22.5. The lowest BCUT2D eigenvalue weighted by molar-refractivity contribution is 0.269. The summed E-state index contributed by atoms with van der Waals surface area (Å²) in [5, 5.41) is 0. The molecule has 1 aliphatic heterocycles. The van der Waals surface area contributed by atoms with Crippen molar-refractivity contribution in [2.24, 2.45) is 17.2 Å². The molecule has 0 fully saturated rings. The third kappa shape index (κ3) is 5.39. The molecule has 0 spiro atoms. The molecule has 4 nitrogen and oxygen atoms in total. The topological polar surface area (TPSA) is 87.3 Å². The van der Waals surface area contributed by atoms with Crippen LogP contribution in [0.2, 0.25) is 0 Å². The second-order valence-electron chi connectivity index (χ2n) is 8.82. The van der Waals surface area contributed by atoms with Crippen LogP contribution in [0.15, 0.2) is 72.8 Å². The molecule has 6 rings (SSSR count). The summed E-state index contributed by atoms with van der Waals surface area (Å²) in [6.45, 7) is 0.748. The Balaban J connectivity index is 0.000000115. The Morgan fingerprint density at radius 2 is 1.09 bits per heavy atom. The fourth-order valence-corrected chi connectivity index (χ4v) is 4.75. The Hall–Kier alpha value is -2.66. The molecule has 3 aliphatic rings. The van der Waals surface area contributed by atoms with E-state index < -0.39 is 0 Å². The first kappa shape index (κ1) is 22.5. The number of ether oxygens (including phenoxy) is 1. The van der Waals surface area contributed by atoms with Gasteiger partial charge < -0.3 is 21.9 Å². The molecule has 0 bridgehead atoms. The number of nitrogens with two attached hydrogens (primary N) is 3. The number of hydrogen-bond acceptors (Lipinski definition) is 4. The predicted molar refractivity (Wildman–Crippen MR) is 131 cm³/mol. The van der Waals surface area contributed by atoms with Crippen LogP contribution < -0.4 is 21.9 Å². The summed E-state index contributed by atoms with van der Waals surface area (Å²) in [6.07, 6.45) is 6.83. The Labute approximate surface area is 191 Å². The van der Waals surface area contributed by atoms with E-state index in [-0.39, 0.29) is 6.04 Å². The molecule has 0 saturated heterocycles. The molecule has 0 radical (unpaired) electrons. The molecular weight excluding hydrogens is 394 g/mol. The smallest absolute Gasteiger partial charge is 0.124 e. The molecule has 3 unspecified atom stereocenters. The number of aryl methyl sites for hydroxylation is 2. The van der Waals surface area contributed by atoms with Crippen molar-refractivity contribution < 1.29 is 4.74 Å². The third-order valence-electron chi connectivity index (χ3n) is 6.60. The standard InChI is InChI=1S/C10H13N.C9H11NO.C9H11N/c11-10-7-3-5-8-4-1-2-6-9(8)10;10-8-5-6-11-9-4-2-1-3-7(8)9;10-9-6-5-7-3-1-2-4-8(7)9/h1-2,4,6,10H,3,5,7,11H2;1-4,8H,5-6,10H2;1-4,9H,5-6,10H2. The quantitative estimate of drug-likeness (QED) is 0.463. The highest BCUT2D eigenvalue weighted by atomic mass is 16.5. The zero-order chi connectivity index (χ0) is 22.3. The van der Waals surface area contributed by atoms with Gasteiger partial charge in [0, 0.05) is 30.1 Å². The number of hydrogen-bond donors (Lipinski definition) is 3. The predicted octanol–water partition coefficient (Wildman–Crippen LogP) is 5.12. The van der Waals surface area contributed by atoms with Crippen molar-refractivity contribution in [2.45, 2.75) is 56.7 Å². The Morgan fingerprint density at radius 3 is 1.75 bits per heavy atom. The molecule has 3 aromatic carbocycles. The summed E-state index contributed by atoms with van der Waals surface area (Å²) in [5.41, 5.74) is 24.4. The van der Waals surface area contributed by atoms with E-state index >= 15 is 0 Å². The van der Waals surface area contributed by atoms with Gasteiger partial charge in [-0.2, -0.15) is 0 Å². The van der Waals surface area contributed by atoms with Gasteiger partial charge in [0.15, 0.2) is 0 Å². The van der Waals surface area contributed by atoms with E-state index in [1.807, 2.05) is 24.3 Å². The monoisotopic (exact) mass is 429 g/mol. The lowest BCUT2D eigenvalue weighted by Gasteiger charge is -2.22. The fraction of sp³-hybridized carbons (Fsp3) is 0.357. The van der Waals surface area contributed by atoms with E-state index in [9.17, 15) is 0 Å². The largest absolute Gasteiger partial charge is 0.493 e. The molecule has 0 saturated carbocycles. The van der Waals surface area contributed by atoms with Crippen LogP contribution in [-0.2, 0) is 12.8 Å². The van der Waals surface area contributed by atoms with Crippen molar-refractivity contribution in [2.75, 3.05) is 6.61 Å². The summed E-state index contributed by atoms with van der Waals surface area (Å²) < 4.78 is 5.41. The first-order valence-corrected chi connectivity index (χ1v) is 11.8. The highest BCUT2D eigenvalue weighted by molar-refractivity contribution is 5.37. The molecule has 3 aromatic rings. The van der Waals surface area contributed by atoms with Crippen LogP contribution in [0.5, 0.6) is 5.75 Å². The number of rotatable bonds is 0. The van der Waals surface area contributed by atoms with Gasteiger partial charge in [-0.05, 0) is 60.4 Å². The van der Waals surface area contributed by atoms with Gasteiger partial charge >= 0.3 is 0 Å². The second kappa shape index (κ2) is 10.8. The van der Waals surface area contributed by atoms with Crippen molar-refractivity contribution >= 4 is 0 Å². The van der Waals surface area contributed by atoms with Gasteiger partial charge in [-0.25, -0.2) is 0 Å². The summed E-state index contributed by atoms with van der Waals surface area (Å²) in [6, 6.07) is 25.7. The zero-order valence-corrected chi connectivity index (χ0v) is 18.8. The lowest BCUT2D eigenvalue weighted by Crippen LogP contribution is -2.20. The Kier molecular flexibility index (Phi) is 7.59. The SMILES string of the molecule is NC1CCCc2ccccc21.NC1CCOc2ccccc21.NC1CCc2ccccc21. The van der Waals surface area contributed by atoms with Crippen molar-refractivity contribution in [3.05, 3.63) is 101 Å². The van der Waals surface area contributed by atoms with Gasteiger partial charge in [-0.1, -0.05) is 66.7 Å². The van der Waals surface area contributed by atoms with Gasteiger partial charge in [-0.15, -0.1) is 0 Å². The van der Waals surface area contributed by atoms with Crippen LogP contribution in [0.3, 0.4) is 0 Å². The minimum atomic E-state index is 0.167. The average molecular weight is 430 g/mol. The van der Waals surface area contributed by atoms with E-state index in [4.69, 9.17) is 21.9 Å². The van der Waals surface area contributed by atoms with Gasteiger partial charge in [0.2, 0.25) is 0 Å². The van der Waals surface area contributed by atoms with Gasteiger partial charge in [0.25, 0.3) is 0 Å². The molecule has 0 amide bonds. The van der Waals surface area contributed by atoms with Crippen LogP contribution in [0.1, 0.15) is 71.6 Å².